The standard InChI is InChI=1S/C13H25NO3/c1-13(6-9-17-10-7-13)11-14-8-4-2-3-5-12(15)16/h14H,2-11H2,1H3,(H,15,16). The van der Waals surface area contributed by atoms with Gasteiger partial charge in [-0.25, -0.2) is 0 Å². The summed E-state index contributed by atoms with van der Waals surface area (Å²) in [6, 6.07) is 0. The molecule has 0 aliphatic carbocycles. The number of carboxylic acid groups (broad SMARTS) is 1. The SMILES string of the molecule is CC1(CNCCCCCC(=O)O)CCOCC1. The van der Waals surface area contributed by atoms with Crippen molar-refractivity contribution in [1.82, 2.24) is 5.32 Å². The number of ether oxygens (including phenoxy) is 1. The van der Waals surface area contributed by atoms with Crippen LogP contribution in [0.3, 0.4) is 0 Å². The highest BCUT2D eigenvalue weighted by Crippen LogP contribution is 2.28. The van der Waals surface area contributed by atoms with Crippen molar-refractivity contribution in [2.45, 2.75) is 45.4 Å². The first-order chi connectivity index (χ1) is 8.12. The van der Waals surface area contributed by atoms with Gasteiger partial charge in [0.1, 0.15) is 0 Å². The van der Waals surface area contributed by atoms with Gasteiger partial charge in [0.25, 0.3) is 0 Å². The lowest BCUT2D eigenvalue weighted by molar-refractivity contribution is -0.137. The molecule has 4 heteroatoms. The lowest BCUT2D eigenvalue weighted by Crippen LogP contribution is -2.37. The van der Waals surface area contributed by atoms with E-state index in [9.17, 15) is 4.79 Å². The zero-order valence-corrected chi connectivity index (χ0v) is 10.8. The molecule has 1 heterocycles. The van der Waals surface area contributed by atoms with Gasteiger partial charge >= 0.3 is 5.97 Å². The number of rotatable bonds is 8. The molecule has 17 heavy (non-hydrogen) atoms. The van der Waals surface area contributed by atoms with Crippen LogP contribution in [0.5, 0.6) is 0 Å². The molecule has 4 nitrogen and oxygen atoms in total. The monoisotopic (exact) mass is 243 g/mol. The second-order valence-electron chi connectivity index (χ2n) is 5.30. The summed E-state index contributed by atoms with van der Waals surface area (Å²) in [6.07, 6.45) is 5.44. The van der Waals surface area contributed by atoms with Crippen LogP contribution in [0.1, 0.15) is 45.4 Å². The fourth-order valence-electron chi connectivity index (χ4n) is 2.13. The minimum atomic E-state index is -0.687. The molecule has 0 aromatic rings. The summed E-state index contributed by atoms with van der Waals surface area (Å²) in [5.74, 6) is -0.687. The van der Waals surface area contributed by atoms with Gasteiger partial charge in [-0.2, -0.15) is 0 Å². The second kappa shape index (κ2) is 7.67. The molecule has 2 N–H and O–H groups in total. The van der Waals surface area contributed by atoms with Crippen molar-refractivity contribution in [3.63, 3.8) is 0 Å². The maximum atomic E-state index is 10.3. The van der Waals surface area contributed by atoms with Gasteiger partial charge in [-0.1, -0.05) is 13.3 Å². The van der Waals surface area contributed by atoms with Crippen LogP contribution in [0.2, 0.25) is 0 Å². The second-order valence-corrected chi connectivity index (χ2v) is 5.30. The van der Waals surface area contributed by atoms with E-state index in [2.05, 4.69) is 12.2 Å². The van der Waals surface area contributed by atoms with Gasteiger partial charge in [-0.3, -0.25) is 4.79 Å². The van der Waals surface area contributed by atoms with E-state index in [1.807, 2.05) is 0 Å². The molecule has 100 valence electrons. The first-order valence-corrected chi connectivity index (χ1v) is 6.63. The number of unbranched alkanes of at least 4 members (excludes halogenated alkanes) is 2. The fourth-order valence-corrected chi connectivity index (χ4v) is 2.13. The molecule has 0 aromatic carbocycles. The summed E-state index contributed by atoms with van der Waals surface area (Å²) in [6.45, 7) is 6.13. The molecular formula is C13H25NO3. The number of carboxylic acids is 1. The molecule has 1 aliphatic heterocycles. The topological polar surface area (TPSA) is 58.6 Å². The Bertz CT molecular complexity index is 225. The lowest BCUT2D eigenvalue weighted by Gasteiger charge is -2.33. The molecule has 1 saturated heterocycles. The molecule has 0 unspecified atom stereocenters. The number of hydrogen-bond donors (Lipinski definition) is 2. The highest BCUT2D eigenvalue weighted by atomic mass is 16.5. The van der Waals surface area contributed by atoms with E-state index in [1.54, 1.807) is 0 Å². The molecule has 0 radical (unpaired) electrons. The first-order valence-electron chi connectivity index (χ1n) is 6.63. The van der Waals surface area contributed by atoms with E-state index in [0.717, 1.165) is 58.4 Å². The van der Waals surface area contributed by atoms with Gasteiger partial charge in [0, 0.05) is 26.2 Å². The van der Waals surface area contributed by atoms with E-state index < -0.39 is 5.97 Å². The predicted molar refractivity (Wildman–Crippen MR) is 67.1 cm³/mol. The molecule has 0 spiro atoms. The Labute approximate surface area is 104 Å². The molecular weight excluding hydrogens is 218 g/mol. The quantitative estimate of drug-likeness (QED) is 0.640. The van der Waals surface area contributed by atoms with Crippen molar-refractivity contribution in [2.75, 3.05) is 26.3 Å². The van der Waals surface area contributed by atoms with Gasteiger partial charge in [-0.15, -0.1) is 0 Å². The van der Waals surface area contributed by atoms with Crippen LogP contribution in [0, 0.1) is 5.41 Å². The third-order valence-corrected chi connectivity index (χ3v) is 3.50. The van der Waals surface area contributed by atoms with Crippen LogP contribution in [0.4, 0.5) is 0 Å². The normalized spacial score (nSPS) is 19.1. The van der Waals surface area contributed by atoms with Crippen molar-refractivity contribution >= 4 is 5.97 Å². The first kappa shape index (κ1) is 14.5. The molecule has 0 saturated carbocycles. The highest BCUT2D eigenvalue weighted by molar-refractivity contribution is 5.66. The molecule has 0 atom stereocenters. The molecule has 0 aromatic heterocycles. The average Bonchev–Trinajstić information content (AvgIpc) is 2.28. The summed E-state index contributed by atoms with van der Waals surface area (Å²) in [5.41, 5.74) is 0.388. The third-order valence-electron chi connectivity index (χ3n) is 3.50. The maximum Gasteiger partial charge on any atom is 0.303 e. The van der Waals surface area contributed by atoms with E-state index in [-0.39, 0.29) is 0 Å². The molecule has 1 fully saturated rings. The van der Waals surface area contributed by atoms with Gasteiger partial charge in [0.15, 0.2) is 0 Å². The van der Waals surface area contributed by atoms with Crippen LogP contribution < -0.4 is 5.32 Å². The van der Waals surface area contributed by atoms with Crippen molar-refractivity contribution in [2.24, 2.45) is 5.41 Å². The summed E-state index contributed by atoms with van der Waals surface area (Å²) in [7, 11) is 0. The Kier molecular flexibility index (Phi) is 6.52. The largest absolute Gasteiger partial charge is 0.481 e. The van der Waals surface area contributed by atoms with Crippen LogP contribution in [0.15, 0.2) is 0 Å². The number of hydrogen-bond acceptors (Lipinski definition) is 3. The Morgan fingerprint density at radius 1 is 1.29 bits per heavy atom. The maximum absolute atomic E-state index is 10.3. The third kappa shape index (κ3) is 6.64. The number of aliphatic carboxylic acids is 1. The average molecular weight is 243 g/mol. The summed E-state index contributed by atoms with van der Waals surface area (Å²) in [4.78, 5) is 10.3. The van der Waals surface area contributed by atoms with Crippen LogP contribution in [-0.2, 0) is 9.53 Å². The van der Waals surface area contributed by atoms with E-state index >= 15 is 0 Å². The predicted octanol–water partition coefficient (Wildman–Crippen LogP) is 2.04. The Hall–Kier alpha value is -0.610. The van der Waals surface area contributed by atoms with Crippen LogP contribution in [0.25, 0.3) is 0 Å². The number of carbonyl (C=O) groups is 1. The Balaban J connectivity index is 1.94. The highest BCUT2D eigenvalue weighted by Gasteiger charge is 2.26. The summed E-state index contributed by atoms with van der Waals surface area (Å²) >= 11 is 0. The minimum absolute atomic E-state index is 0.301. The van der Waals surface area contributed by atoms with E-state index in [4.69, 9.17) is 9.84 Å². The van der Waals surface area contributed by atoms with Crippen LogP contribution in [-0.4, -0.2) is 37.4 Å². The smallest absolute Gasteiger partial charge is 0.303 e. The van der Waals surface area contributed by atoms with Crippen molar-refractivity contribution in [1.29, 1.82) is 0 Å². The van der Waals surface area contributed by atoms with E-state index in [0.29, 0.717) is 11.8 Å². The van der Waals surface area contributed by atoms with Gasteiger partial charge < -0.3 is 15.2 Å². The van der Waals surface area contributed by atoms with Crippen LogP contribution >= 0.6 is 0 Å². The zero-order valence-electron chi connectivity index (χ0n) is 10.8. The Morgan fingerprint density at radius 2 is 2.00 bits per heavy atom. The summed E-state index contributed by atoms with van der Waals surface area (Å²) < 4.78 is 5.36. The molecule has 1 aliphatic rings. The van der Waals surface area contributed by atoms with Crippen molar-refractivity contribution < 1.29 is 14.6 Å². The molecule has 0 amide bonds. The van der Waals surface area contributed by atoms with Gasteiger partial charge in [0.2, 0.25) is 0 Å². The minimum Gasteiger partial charge on any atom is -0.481 e. The lowest BCUT2D eigenvalue weighted by atomic mass is 9.82. The van der Waals surface area contributed by atoms with Crippen molar-refractivity contribution in [3.8, 4) is 0 Å². The molecule has 0 bridgehead atoms. The summed E-state index contributed by atoms with van der Waals surface area (Å²) in [5, 5.41) is 12.0. The molecule has 1 rings (SSSR count). The number of nitrogens with one attached hydrogen (secondary N) is 1. The zero-order chi connectivity index (χ0) is 12.6. The fraction of sp³-hybridized carbons (Fsp3) is 0.923. The Morgan fingerprint density at radius 3 is 2.65 bits per heavy atom. The van der Waals surface area contributed by atoms with Crippen molar-refractivity contribution in [3.05, 3.63) is 0 Å². The van der Waals surface area contributed by atoms with Gasteiger partial charge in [-0.05, 0) is 37.6 Å². The van der Waals surface area contributed by atoms with E-state index in [1.165, 1.54) is 0 Å². The van der Waals surface area contributed by atoms with Gasteiger partial charge in [0.05, 0.1) is 0 Å².